The molecule has 1 unspecified atom stereocenters. The first-order valence-electron chi connectivity index (χ1n) is 8.94. The summed E-state index contributed by atoms with van der Waals surface area (Å²) >= 11 is 0. The van der Waals surface area contributed by atoms with E-state index in [4.69, 9.17) is 0 Å². The van der Waals surface area contributed by atoms with Gasteiger partial charge in [0.2, 0.25) is 15.9 Å². The number of hydrogen-bond donors (Lipinski definition) is 1. The van der Waals surface area contributed by atoms with Gasteiger partial charge < -0.3 is 5.32 Å². The lowest BCUT2D eigenvalue weighted by Crippen LogP contribution is -2.61. The molecule has 0 aromatic heterocycles. The summed E-state index contributed by atoms with van der Waals surface area (Å²) in [7, 11) is -4.09. The van der Waals surface area contributed by atoms with Gasteiger partial charge in [-0.25, -0.2) is 17.2 Å². The summed E-state index contributed by atoms with van der Waals surface area (Å²) in [6.07, 6.45) is 2.00. The molecule has 1 aromatic carbocycles. The second-order valence-electron chi connectivity index (χ2n) is 7.34. The molecule has 1 spiro atoms. The molecule has 0 aliphatic carbocycles. The van der Waals surface area contributed by atoms with Crippen molar-refractivity contribution in [2.75, 3.05) is 19.6 Å². The molecular weight excluding hydrogens is 362 g/mol. The zero-order valence-electron chi connectivity index (χ0n) is 14.8. The number of piperidine rings is 2. The van der Waals surface area contributed by atoms with Crippen LogP contribution in [0.1, 0.15) is 38.2 Å². The fraction of sp³-hybridized carbons (Fsp3) is 0.611. The molecule has 0 saturated carbocycles. The predicted octanol–water partition coefficient (Wildman–Crippen LogP) is 2.57. The van der Waals surface area contributed by atoms with E-state index in [0.717, 1.165) is 22.7 Å². The summed E-state index contributed by atoms with van der Waals surface area (Å²) in [6.45, 7) is 1.38. The van der Waals surface area contributed by atoms with Crippen molar-refractivity contribution in [3.8, 4) is 0 Å². The number of hydrogen-bond acceptors (Lipinski definition) is 3. The smallest absolute Gasteiger partial charge is 0.262 e. The van der Waals surface area contributed by atoms with Gasteiger partial charge in [0.1, 0.15) is 0 Å². The van der Waals surface area contributed by atoms with Crippen LogP contribution < -0.4 is 5.32 Å². The van der Waals surface area contributed by atoms with E-state index in [1.807, 2.05) is 6.92 Å². The van der Waals surface area contributed by atoms with Crippen molar-refractivity contribution in [3.05, 3.63) is 29.8 Å². The molecule has 3 rings (SSSR count). The molecule has 0 radical (unpaired) electrons. The number of sulfonamides is 1. The van der Waals surface area contributed by atoms with E-state index in [1.165, 1.54) is 12.1 Å². The Morgan fingerprint density at radius 3 is 2.50 bits per heavy atom. The first-order valence-corrected chi connectivity index (χ1v) is 10.4. The Morgan fingerprint density at radius 2 is 1.88 bits per heavy atom. The third-order valence-corrected chi connectivity index (χ3v) is 6.99. The van der Waals surface area contributed by atoms with Crippen LogP contribution in [0.2, 0.25) is 0 Å². The van der Waals surface area contributed by atoms with Crippen molar-refractivity contribution in [1.82, 2.24) is 9.62 Å². The van der Waals surface area contributed by atoms with Crippen LogP contribution in [0.4, 0.5) is 8.78 Å². The van der Waals surface area contributed by atoms with Gasteiger partial charge in [-0.2, -0.15) is 4.31 Å². The zero-order chi connectivity index (χ0) is 19.0. The highest BCUT2D eigenvalue weighted by molar-refractivity contribution is 7.89. The minimum absolute atomic E-state index is 0.0126. The standard InChI is InChI=1S/C18H24F2N2O3S/c1-2-4-14-5-7-15(8-6-14)26(24,25)22-12-17(11-18(19,20)13-22)9-3-10-21-16(17)23/h5-8H,2-4,9-13H2,1H3,(H,21,23). The van der Waals surface area contributed by atoms with Crippen LogP contribution in [0.15, 0.2) is 29.2 Å². The average molecular weight is 386 g/mol. The molecule has 1 N–H and O–H groups in total. The molecule has 1 atom stereocenters. The number of carbonyl (C=O) groups is 1. The maximum Gasteiger partial charge on any atom is 0.262 e. The second kappa shape index (κ2) is 6.88. The van der Waals surface area contributed by atoms with Crippen molar-refractivity contribution in [3.63, 3.8) is 0 Å². The monoisotopic (exact) mass is 386 g/mol. The van der Waals surface area contributed by atoms with Gasteiger partial charge in [0.15, 0.2) is 0 Å². The van der Waals surface area contributed by atoms with Gasteiger partial charge in [-0.1, -0.05) is 25.5 Å². The van der Waals surface area contributed by atoms with Gasteiger partial charge in [-0.05, 0) is 37.0 Å². The summed E-state index contributed by atoms with van der Waals surface area (Å²) in [6, 6.07) is 6.34. The van der Waals surface area contributed by atoms with Crippen LogP contribution in [-0.2, 0) is 21.2 Å². The second-order valence-corrected chi connectivity index (χ2v) is 9.28. The summed E-state index contributed by atoms with van der Waals surface area (Å²) < 4.78 is 55.4. The third-order valence-electron chi connectivity index (χ3n) is 5.18. The topological polar surface area (TPSA) is 66.5 Å². The van der Waals surface area contributed by atoms with Crippen LogP contribution in [0.5, 0.6) is 0 Å². The van der Waals surface area contributed by atoms with Gasteiger partial charge in [0.25, 0.3) is 5.92 Å². The predicted molar refractivity (Wildman–Crippen MR) is 93.4 cm³/mol. The fourth-order valence-corrected chi connectivity index (χ4v) is 5.50. The maximum absolute atomic E-state index is 14.4. The average Bonchev–Trinajstić information content (AvgIpc) is 2.57. The zero-order valence-corrected chi connectivity index (χ0v) is 15.6. The highest BCUT2D eigenvalue weighted by Gasteiger charge is 2.56. The van der Waals surface area contributed by atoms with E-state index in [-0.39, 0.29) is 17.9 Å². The molecule has 2 saturated heterocycles. The largest absolute Gasteiger partial charge is 0.356 e. The lowest BCUT2D eigenvalue weighted by molar-refractivity contribution is -0.151. The minimum atomic E-state index is -4.09. The Hall–Kier alpha value is -1.54. The molecule has 144 valence electrons. The van der Waals surface area contributed by atoms with Crippen molar-refractivity contribution < 1.29 is 22.0 Å². The van der Waals surface area contributed by atoms with Gasteiger partial charge >= 0.3 is 0 Å². The van der Waals surface area contributed by atoms with Crippen LogP contribution in [0, 0.1) is 5.41 Å². The van der Waals surface area contributed by atoms with Gasteiger partial charge in [0, 0.05) is 19.5 Å². The Kier molecular flexibility index (Phi) is 5.09. The number of halogens is 2. The summed E-state index contributed by atoms with van der Waals surface area (Å²) in [5.74, 6) is -3.70. The van der Waals surface area contributed by atoms with Crippen LogP contribution in [0.3, 0.4) is 0 Å². The first-order chi connectivity index (χ1) is 12.2. The number of aryl methyl sites for hydroxylation is 1. The Labute approximate surface area is 152 Å². The number of amides is 1. The lowest BCUT2D eigenvalue weighted by Gasteiger charge is -2.46. The van der Waals surface area contributed by atoms with E-state index in [9.17, 15) is 22.0 Å². The molecule has 5 nitrogen and oxygen atoms in total. The van der Waals surface area contributed by atoms with Gasteiger partial charge in [0.05, 0.1) is 16.9 Å². The van der Waals surface area contributed by atoms with E-state index >= 15 is 0 Å². The number of rotatable bonds is 4. The Morgan fingerprint density at radius 1 is 1.19 bits per heavy atom. The molecule has 1 amide bonds. The highest BCUT2D eigenvalue weighted by atomic mass is 32.2. The van der Waals surface area contributed by atoms with Gasteiger partial charge in [-0.15, -0.1) is 0 Å². The number of nitrogens with zero attached hydrogens (tertiary/aromatic N) is 1. The van der Waals surface area contributed by atoms with E-state index in [1.54, 1.807) is 12.1 Å². The maximum atomic E-state index is 14.4. The summed E-state index contributed by atoms with van der Waals surface area (Å²) in [5.41, 5.74) is -0.353. The van der Waals surface area contributed by atoms with E-state index in [0.29, 0.717) is 13.0 Å². The van der Waals surface area contributed by atoms with Gasteiger partial charge in [-0.3, -0.25) is 4.79 Å². The van der Waals surface area contributed by atoms with Crippen LogP contribution in [0.25, 0.3) is 0 Å². The number of nitrogens with one attached hydrogen (secondary N) is 1. The molecule has 2 fully saturated rings. The normalized spacial score (nSPS) is 26.7. The van der Waals surface area contributed by atoms with E-state index < -0.39 is 40.2 Å². The first kappa shape index (κ1) is 19.2. The Bertz CT molecular complexity index is 780. The molecular formula is C18H24F2N2O3S. The minimum Gasteiger partial charge on any atom is -0.356 e. The fourth-order valence-electron chi connectivity index (χ4n) is 3.94. The molecule has 1 aromatic rings. The van der Waals surface area contributed by atoms with Crippen molar-refractivity contribution in [2.45, 2.75) is 49.8 Å². The molecule has 2 aliphatic rings. The number of carbonyl (C=O) groups excluding carboxylic acids is 1. The highest BCUT2D eigenvalue weighted by Crippen LogP contribution is 2.44. The Balaban J connectivity index is 1.91. The van der Waals surface area contributed by atoms with Crippen LogP contribution in [-0.4, -0.2) is 44.2 Å². The number of benzene rings is 1. The molecule has 8 heteroatoms. The summed E-state index contributed by atoms with van der Waals surface area (Å²) in [4.78, 5) is 12.3. The molecule has 2 aliphatic heterocycles. The quantitative estimate of drug-likeness (QED) is 0.865. The number of alkyl halides is 2. The summed E-state index contributed by atoms with van der Waals surface area (Å²) in [5, 5.41) is 2.62. The molecule has 0 bridgehead atoms. The molecule has 2 heterocycles. The SMILES string of the molecule is CCCc1ccc(S(=O)(=O)N2CC(F)(F)CC3(CCCNC3=O)C2)cc1. The third kappa shape index (κ3) is 3.62. The van der Waals surface area contributed by atoms with Crippen molar-refractivity contribution in [1.29, 1.82) is 0 Å². The van der Waals surface area contributed by atoms with Crippen LogP contribution >= 0.6 is 0 Å². The lowest BCUT2D eigenvalue weighted by atomic mass is 9.73. The molecule has 26 heavy (non-hydrogen) atoms. The van der Waals surface area contributed by atoms with Crippen molar-refractivity contribution >= 4 is 15.9 Å². The van der Waals surface area contributed by atoms with E-state index in [2.05, 4.69) is 5.32 Å². The van der Waals surface area contributed by atoms with Crippen molar-refractivity contribution in [2.24, 2.45) is 5.41 Å².